The number of carbonyl (C=O) groups excluding carboxylic acids is 1. The van der Waals surface area contributed by atoms with Gasteiger partial charge in [0.1, 0.15) is 24.9 Å². The summed E-state index contributed by atoms with van der Waals surface area (Å²) in [5.41, 5.74) is 2.25. The monoisotopic (exact) mass is 434 g/mol. The van der Waals surface area contributed by atoms with Gasteiger partial charge >= 0.3 is 0 Å². The van der Waals surface area contributed by atoms with Crippen LogP contribution in [0.25, 0.3) is 0 Å². The van der Waals surface area contributed by atoms with Gasteiger partial charge in [-0.2, -0.15) is 5.10 Å². The van der Waals surface area contributed by atoms with Crippen LogP contribution in [-0.4, -0.2) is 33.9 Å². The average Bonchev–Trinajstić information content (AvgIpc) is 3.13. The summed E-state index contributed by atoms with van der Waals surface area (Å²) in [5, 5.41) is 7.65. The van der Waals surface area contributed by atoms with Gasteiger partial charge < -0.3 is 14.8 Å². The van der Waals surface area contributed by atoms with Crippen molar-refractivity contribution in [3.05, 3.63) is 71.3 Å². The fraction of sp³-hybridized carbons (Fsp3) is 0.400. The van der Waals surface area contributed by atoms with Crippen molar-refractivity contribution < 1.29 is 14.3 Å². The topological polar surface area (TPSA) is 78.3 Å². The molecule has 1 aliphatic heterocycles. The van der Waals surface area contributed by atoms with Gasteiger partial charge in [0.15, 0.2) is 11.5 Å². The predicted molar refractivity (Wildman–Crippen MR) is 122 cm³/mol. The minimum absolute atomic E-state index is 0.00879. The van der Waals surface area contributed by atoms with E-state index < -0.39 is 0 Å². The second-order valence-corrected chi connectivity index (χ2v) is 8.28. The number of nitrogens with zero attached hydrogens (tertiary/aromatic N) is 3. The summed E-state index contributed by atoms with van der Waals surface area (Å²) in [7, 11) is 0. The molecule has 1 aliphatic rings. The lowest BCUT2D eigenvalue weighted by molar-refractivity contribution is -0.125. The molecule has 1 amide bonds. The Morgan fingerprint density at radius 1 is 1.09 bits per heavy atom. The molecule has 2 atom stereocenters. The number of ether oxygens (including phenoxy) is 2. The van der Waals surface area contributed by atoms with Crippen molar-refractivity contribution in [2.75, 3.05) is 13.2 Å². The van der Waals surface area contributed by atoms with E-state index in [4.69, 9.17) is 9.47 Å². The summed E-state index contributed by atoms with van der Waals surface area (Å²) in [6, 6.07) is 16.1. The highest BCUT2D eigenvalue weighted by Gasteiger charge is 2.22. The summed E-state index contributed by atoms with van der Waals surface area (Å²) in [5.74, 6) is 2.76. The molecule has 3 aromatic rings. The molecule has 0 saturated heterocycles. The fourth-order valence-electron chi connectivity index (χ4n) is 3.95. The number of nitrogens with one attached hydrogen (secondary N) is 1. The Balaban J connectivity index is 1.50. The zero-order valence-corrected chi connectivity index (χ0v) is 18.9. The average molecular weight is 435 g/mol. The highest BCUT2D eigenvalue weighted by molar-refractivity contribution is 5.78. The maximum Gasteiger partial charge on any atom is 0.225 e. The van der Waals surface area contributed by atoms with E-state index in [0.29, 0.717) is 25.6 Å². The Morgan fingerprint density at radius 3 is 2.56 bits per heavy atom. The molecule has 0 radical (unpaired) electrons. The highest BCUT2D eigenvalue weighted by Crippen LogP contribution is 2.33. The number of aromatic nitrogens is 3. The number of fused-ring (bicyclic) bond motifs is 1. The fourth-order valence-corrected chi connectivity index (χ4v) is 3.95. The molecule has 0 fully saturated rings. The molecule has 32 heavy (non-hydrogen) atoms. The smallest absolute Gasteiger partial charge is 0.225 e. The van der Waals surface area contributed by atoms with Crippen molar-refractivity contribution in [2.45, 2.75) is 46.2 Å². The van der Waals surface area contributed by atoms with Crippen LogP contribution in [0.3, 0.4) is 0 Å². The van der Waals surface area contributed by atoms with Crippen LogP contribution in [0.5, 0.6) is 11.5 Å². The van der Waals surface area contributed by atoms with E-state index in [2.05, 4.69) is 27.5 Å². The lowest BCUT2D eigenvalue weighted by Crippen LogP contribution is -2.35. The minimum Gasteiger partial charge on any atom is -0.486 e. The van der Waals surface area contributed by atoms with Crippen molar-refractivity contribution in [3.63, 3.8) is 0 Å². The molecule has 0 aliphatic carbocycles. The molecule has 7 heteroatoms. The minimum atomic E-state index is -0.244. The van der Waals surface area contributed by atoms with Crippen molar-refractivity contribution in [3.8, 4) is 11.5 Å². The van der Waals surface area contributed by atoms with Gasteiger partial charge in [-0.3, -0.25) is 4.79 Å². The van der Waals surface area contributed by atoms with Gasteiger partial charge in [-0.05, 0) is 49.9 Å². The Hall–Kier alpha value is -3.35. The summed E-state index contributed by atoms with van der Waals surface area (Å²) in [6.07, 6.45) is 1.64. The lowest BCUT2D eigenvalue weighted by Gasteiger charge is -2.24. The molecule has 7 nitrogen and oxygen atoms in total. The molecule has 1 N–H and O–H groups in total. The zero-order chi connectivity index (χ0) is 22.5. The maximum atomic E-state index is 13.1. The van der Waals surface area contributed by atoms with E-state index in [1.54, 1.807) is 4.68 Å². The van der Waals surface area contributed by atoms with Gasteiger partial charge in [0.2, 0.25) is 5.91 Å². The van der Waals surface area contributed by atoms with E-state index in [1.165, 1.54) is 5.56 Å². The number of carbonyl (C=O) groups is 1. The largest absolute Gasteiger partial charge is 0.486 e. The van der Waals surface area contributed by atoms with Crippen LogP contribution in [-0.2, 0) is 17.8 Å². The summed E-state index contributed by atoms with van der Waals surface area (Å²) >= 11 is 0. The third kappa shape index (κ3) is 5.28. The summed E-state index contributed by atoms with van der Waals surface area (Å²) in [4.78, 5) is 17.5. The van der Waals surface area contributed by atoms with Crippen LogP contribution in [0.2, 0.25) is 0 Å². The standard InChI is InChI=1S/C25H30N4O3/c1-17(16-29-19(3)26-18(2)28-29)25(30)27-22(11-9-20-7-5-4-6-8-20)21-10-12-23-24(15-21)32-14-13-31-23/h4-8,10,12,15,17,22H,9,11,13-14,16H2,1-3H3,(H,27,30)/t17-,22-/m0/s1. The number of amides is 1. The first-order valence-electron chi connectivity index (χ1n) is 11.1. The van der Waals surface area contributed by atoms with E-state index >= 15 is 0 Å². The molecule has 0 spiro atoms. The van der Waals surface area contributed by atoms with Crippen molar-refractivity contribution in [2.24, 2.45) is 5.92 Å². The van der Waals surface area contributed by atoms with Crippen LogP contribution < -0.4 is 14.8 Å². The molecule has 2 heterocycles. The third-order valence-electron chi connectivity index (χ3n) is 5.71. The van der Waals surface area contributed by atoms with Crippen molar-refractivity contribution >= 4 is 5.91 Å². The quantitative estimate of drug-likeness (QED) is 0.584. The van der Waals surface area contributed by atoms with E-state index in [0.717, 1.165) is 35.7 Å². The Kier molecular flexibility index (Phi) is 6.73. The first-order chi connectivity index (χ1) is 15.5. The van der Waals surface area contributed by atoms with Gasteiger partial charge in [-0.15, -0.1) is 0 Å². The molecular formula is C25H30N4O3. The van der Waals surface area contributed by atoms with Gasteiger partial charge in [0.05, 0.1) is 18.5 Å². The van der Waals surface area contributed by atoms with Crippen LogP contribution in [0.15, 0.2) is 48.5 Å². The van der Waals surface area contributed by atoms with E-state index in [1.807, 2.05) is 57.2 Å². The highest BCUT2D eigenvalue weighted by atomic mass is 16.6. The van der Waals surface area contributed by atoms with Crippen LogP contribution in [0, 0.1) is 19.8 Å². The first kappa shape index (κ1) is 21.9. The third-order valence-corrected chi connectivity index (χ3v) is 5.71. The van der Waals surface area contributed by atoms with E-state index in [9.17, 15) is 4.79 Å². The van der Waals surface area contributed by atoms with Gasteiger partial charge in [0, 0.05) is 0 Å². The normalized spacial score (nSPS) is 14.6. The van der Waals surface area contributed by atoms with Gasteiger partial charge in [-0.25, -0.2) is 9.67 Å². The molecule has 0 bridgehead atoms. The van der Waals surface area contributed by atoms with Crippen LogP contribution in [0.1, 0.15) is 42.2 Å². The molecule has 1 aromatic heterocycles. The Morgan fingerprint density at radius 2 is 1.84 bits per heavy atom. The van der Waals surface area contributed by atoms with Crippen molar-refractivity contribution in [1.82, 2.24) is 20.1 Å². The lowest BCUT2D eigenvalue weighted by atomic mass is 9.97. The number of rotatable bonds is 8. The summed E-state index contributed by atoms with van der Waals surface area (Å²) < 4.78 is 13.2. The SMILES string of the molecule is Cc1nc(C)n(C[C@H](C)C(=O)N[C@@H](CCc2ccccc2)c2ccc3c(c2)OCCO3)n1. The molecule has 2 aromatic carbocycles. The second-order valence-electron chi connectivity index (χ2n) is 8.28. The second kappa shape index (κ2) is 9.85. The molecule has 4 rings (SSSR count). The maximum absolute atomic E-state index is 13.1. The van der Waals surface area contributed by atoms with Gasteiger partial charge in [-0.1, -0.05) is 43.3 Å². The molecule has 168 valence electrons. The number of aryl methyl sites for hydroxylation is 3. The van der Waals surface area contributed by atoms with Crippen LogP contribution in [0.4, 0.5) is 0 Å². The zero-order valence-electron chi connectivity index (χ0n) is 18.9. The Labute approximate surface area is 188 Å². The van der Waals surface area contributed by atoms with Gasteiger partial charge in [0.25, 0.3) is 0 Å². The van der Waals surface area contributed by atoms with Crippen LogP contribution >= 0.6 is 0 Å². The first-order valence-corrected chi connectivity index (χ1v) is 11.1. The molecular weight excluding hydrogens is 404 g/mol. The molecule has 0 unspecified atom stereocenters. The summed E-state index contributed by atoms with van der Waals surface area (Å²) in [6.45, 7) is 7.26. The Bertz CT molecular complexity index is 1060. The molecule has 0 saturated carbocycles. The number of hydrogen-bond acceptors (Lipinski definition) is 5. The van der Waals surface area contributed by atoms with Crippen molar-refractivity contribution in [1.29, 1.82) is 0 Å². The predicted octanol–water partition coefficient (Wildman–Crippen LogP) is 3.79. The number of hydrogen-bond donors (Lipinski definition) is 1. The number of benzene rings is 2. The van der Waals surface area contributed by atoms with E-state index in [-0.39, 0.29) is 17.9 Å².